The summed E-state index contributed by atoms with van der Waals surface area (Å²) in [7, 11) is 0. The van der Waals surface area contributed by atoms with Gasteiger partial charge in [0.1, 0.15) is 11.3 Å². The first-order valence-corrected chi connectivity index (χ1v) is 10.9. The predicted octanol–water partition coefficient (Wildman–Crippen LogP) is 4.38. The fraction of sp³-hybridized carbons (Fsp3) is 0.364. The lowest BCUT2D eigenvalue weighted by Gasteiger charge is -2.30. The minimum Gasteiger partial charge on any atom is -0.483 e. The van der Waals surface area contributed by atoms with E-state index < -0.39 is 0 Å². The van der Waals surface area contributed by atoms with Crippen LogP contribution in [-0.4, -0.2) is 43.8 Å². The fourth-order valence-electron chi connectivity index (χ4n) is 4.15. The van der Waals surface area contributed by atoms with E-state index in [4.69, 9.17) is 19.6 Å². The molecule has 0 radical (unpaired) electrons. The maximum atomic E-state index is 8.36. The third-order valence-corrected chi connectivity index (χ3v) is 6.02. The maximum Gasteiger partial charge on any atom is 0.290 e. The Kier molecular flexibility index (Phi) is 6.06. The number of carbonyl (C=O) groups is 1. The van der Waals surface area contributed by atoms with Crippen molar-refractivity contribution in [2.75, 3.05) is 6.61 Å². The van der Waals surface area contributed by atoms with Crippen LogP contribution in [0.4, 0.5) is 0 Å². The molecule has 7 nitrogen and oxygen atoms in total. The van der Waals surface area contributed by atoms with Crippen LogP contribution < -0.4 is 0 Å². The predicted molar refractivity (Wildman–Crippen MR) is 117 cm³/mol. The Balaban J connectivity index is 0.000000687. The molecule has 1 aliphatic heterocycles. The number of hydrogen-bond acceptors (Lipinski definition) is 6. The number of pyridine rings is 1. The summed E-state index contributed by atoms with van der Waals surface area (Å²) >= 11 is 1.63. The highest BCUT2D eigenvalue weighted by Crippen LogP contribution is 2.34. The number of nitrogens with zero attached hydrogens (tertiary/aromatic N) is 4. The number of carboxylic acid groups (broad SMARTS) is 1. The summed E-state index contributed by atoms with van der Waals surface area (Å²) in [6.07, 6.45) is 4.94. The Hall–Kier alpha value is -2.84. The number of aromatic nitrogens is 4. The van der Waals surface area contributed by atoms with Gasteiger partial charge in [-0.25, -0.2) is 9.97 Å². The molecule has 4 aromatic rings. The van der Waals surface area contributed by atoms with E-state index in [1.165, 1.54) is 16.5 Å². The van der Waals surface area contributed by atoms with Crippen LogP contribution in [0.25, 0.3) is 21.9 Å². The van der Waals surface area contributed by atoms with Crippen LogP contribution in [0, 0.1) is 6.92 Å². The van der Waals surface area contributed by atoms with Gasteiger partial charge in [-0.1, -0.05) is 11.6 Å². The summed E-state index contributed by atoms with van der Waals surface area (Å²) in [6.45, 7) is 4.84. The molecule has 0 spiro atoms. The van der Waals surface area contributed by atoms with Crippen molar-refractivity contribution in [1.82, 2.24) is 19.5 Å². The second kappa shape index (κ2) is 8.89. The average molecular weight is 425 g/mol. The highest BCUT2D eigenvalue weighted by Gasteiger charge is 2.26. The molecule has 0 aliphatic carbocycles. The van der Waals surface area contributed by atoms with Crippen LogP contribution in [0.1, 0.15) is 42.9 Å². The van der Waals surface area contributed by atoms with Crippen molar-refractivity contribution in [2.45, 2.75) is 45.3 Å². The van der Waals surface area contributed by atoms with Gasteiger partial charge in [-0.3, -0.25) is 9.78 Å². The molecule has 1 N–H and O–H groups in total. The number of thiazole rings is 1. The molecular weight excluding hydrogens is 400 g/mol. The molecule has 1 fully saturated rings. The Morgan fingerprint density at radius 3 is 2.90 bits per heavy atom. The van der Waals surface area contributed by atoms with Crippen LogP contribution in [0.3, 0.4) is 0 Å². The van der Waals surface area contributed by atoms with Gasteiger partial charge in [-0.05, 0) is 38.8 Å². The summed E-state index contributed by atoms with van der Waals surface area (Å²) in [5.74, 6) is 1.07. The smallest absolute Gasteiger partial charge is 0.290 e. The van der Waals surface area contributed by atoms with Gasteiger partial charge in [-0.15, -0.1) is 11.3 Å². The first-order valence-electron chi connectivity index (χ1n) is 9.93. The average Bonchev–Trinajstić information content (AvgIpc) is 3.36. The van der Waals surface area contributed by atoms with Crippen molar-refractivity contribution in [3.05, 3.63) is 52.4 Å². The minimum absolute atomic E-state index is 0.250. The van der Waals surface area contributed by atoms with Gasteiger partial charge in [0.2, 0.25) is 0 Å². The third kappa shape index (κ3) is 4.06. The Morgan fingerprint density at radius 1 is 1.33 bits per heavy atom. The van der Waals surface area contributed by atoms with Gasteiger partial charge < -0.3 is 14.4 Å². The van der Waals surface area contributed by atoms with E-state index in [0.29, 0.717) is 6.04 Å². The SMILES string of the molecule is Cc1ccc2ncc3nc(Cc4cscn4)n([C@@H]4CCO[C@H](C)C4)c3c2c1.O=CO. The molecule has 0 unspecified atom stereocenters. The summed E-state index contributed by atoms with van der Waals surface area (Å²) in [4.78, 5) is 22.5. The summed E-state index contributed by atoms with van der Waals surface area (Å²) < 4.78 is 8.27. The molecule has 1 aliphatic rings. The van der Waals surface area contributed by atoms with Gasteiger partial charge >= 0.3 is 0 Å². The molecule has 1 aromatic carbocycles. The molecule has 4 heterocycles. The fourth-order valence-corrected chi connectivity index (χ4v) is 4.71. The van der Waals surface area contributed by atoms with E-state index >= 15 is 0 Å². The van der Waals surface area contributed by atoms with E-state index in [2.05, 4.69) is 52.0 Å². The van der Waals surface area contributed by atoms with E-state index in [-0.39, 0.29) is 12.6 Å². The largest absolute Gasteiger partial charge is 0.483 e. The van der Waals surface area contributed by atoms with E-state index in [1.807, 2.05) is 11.7 Å². The zero-order chi connectivity index (χ0) is 21.1. The summed E-state index contributed by atoms with van der Waals surface area (Å²) in [5.41, 5.74) is 7.40. The second-order valence-electron chi connectivity index (χ2n) is 7.53. The lowest BCUT2D eigenvalue weighted by atomic mass is 10.0. The maximum absolute atomic E-state index is 8.36. The van der Waals surface area contributed by atoms with Crippen molar-refractivity contribution in [2.24, 2.45) is 0 Å². The summed E-state index contributed by atoms with van der Waals surface area (Å²) in [5, 5.41) is 10.2. The number of fused-ring (bicyclic) bond motifs is 3. The first kappa shape index (κ1) is 20.4. The number of aryl methyl sites for hydroxylation is 1. The number of ether oxygens (including phenoxy) is 1. The number of rotatable bonds is 3. The minimum atomic E-state index is -0.250. The molecule has 0 amide bonds. The van der Waals surface area contributed by atoms with Crippen LogP contribution in [-0.2, 0) is 16.0 Å². The second-order valence-corrected chi connectivity index (χ2v) is 8.25. The van der Waals surface area contributed by atoms with E-state index in [9.17, 15) is 0 Å². The molecule has 0 saturated carbocycles. The number of imidazole rings is 1. The lowest BCUT2D eigenvalue weighted by Crippen LogP contribution is -2.26. The quantitative estimate of drug-likeness (QED) is 0.491. The van der Waals surface area contributed by atoms with Crippen molar-refractivity contribution in [3.63, 3.8) is 0 Å². The van der Waals surface area contributed by atoms with Gasteiger partial charge in [0.15, 0.2) is 0 Å². The van der Waals surface area contributed by atoms with Crippen molar-refractivity contribution >= 4 is 39.7 Å². The molecule has 8 heteroatoms. The topological polar surface area (TPSA) is 90.1 Å². The van der Waals surface area contributed by atoms with E-state index in [1.54, 1.807) is 11.3 Å². The number of benzene rings is 1. The molecule has 2 atom stereocenters. The molecule has 156 valence electrons. The third-order valence-electron chi connectivity index (χ3n) is 5.39. The van der Waals surface area contributed by atoms with Gasteiger partial charge in [0, 0.05) is 29.8 Å². The van der Waals surface area contributed by atoms with Crippen LogP contribution in [0.15, 0.2) is 35.3 Å². The van der Waals surface area contributed by atoms with Crippen LogP contribution >= 0.6 is 11.3 Å². The standard InChI is InChI=1S/C21H22N4OS.CH2O2/c1-13-3-4-18-17(7-13)21-19(10-22-18)24-20(9-15-11-27-12-23-15)25(21)16-5-6-26-14(2)8-16;2-1-3/h3-4,7,10-12,14,16H,5-6,8-9H2,1-2H3;1H,(H,2,3)/t14-,16-;/m1./s1. The monoisotopic (exact) mass is 424 g/mol. The zero-order valence-electron chi connectivity index (χ0n) is 17.0. The normalized spacial score (nSPS) is 18.9. The first-order chi connectivity index (χ1) is 14.6. The molecule has 1 saturated heterocycles. The summed E-state index contributed by atoms with van der Waals surface area (Å²) in [6, 6.07) is 6.85. The van der Waals surface area contributed by atoms with Crippen molar-refractivity contribution < 1.29 is 14.6 Å². The molecule has 3 aromatic heterocycles. The van der Waals surface area contributed by atoms with Crippen LogP contribution in [0.5, 0.6) is 0 Å². The van der Waals surface area contributed by atoms with Gasteiger partial charge in [0.05, 0.1) is 34.5 Å². The molecule has 30 heavy (non-hydrogen) atoms. The van der Waals surface area contributed by atoms with Gasteiger partial charge in [-0.2, -0.15) is 0 Å². The number of hydrogen-bond donors (Lipinski definition) is 1. The molecular formula is C22H24N4O3S. The zero-order valence-corrected chi connectivity index (χ0v) is 17.8. The van der Waals surface area contributed by atoms with Crippen molar-refractivity contribution in [1.29, 1.82) is 0 Å². The van der Waals surface area contributed by atoms with Gasteiger partial charge in [0.25, 0.3) is 6.47 Å². The van der Waals surface area contributed by atoms with Crippen molar-refractivity contribution in [3.8, 4) is 0 Å². The molecule has 5 rings (SSSR count). The highest BCUT2D eigenvalue weighted by atomic mass is 32.1. The lowest BCUT2D eigenvalue weighted by molar-refractivity contribution is -0.122. The Bertz CT molecular complexity index is 1160. The Labute approximate surface area is 178 Å². The van der Waals surface area contributed by atoms with E-state index in [0.717, 1.165) is 48.4 Å². The molecule has 0 bridgehead atoms. The van der Waals surface area contributed by atoms with Crippen LogP contribution in [0.2, 0.25) is 0 Å². The Morgan fingerprint density at radius 2 is 2.17 bits per heavy atom. The highest BCUT2D eigenvalue weighted by molar-refractivity contribution is 7.07.